The van der Waals surface area contributed by atoms with E-state index in [4.69, 9.17) is 9.47 Å². The maximum atomic E-state index is 12.0. The van der Waals surface area contributed by atoms with E-state index < -0.39 is 6.10 Å². The van der Waals surface area contributed by atoms with Crippen molar-refractivity contribution >= 4 is 16.9 Å². The number of fused-ring (bicyclic) bond motifs is 1. The van der Waals surface area contributed by atoms with Crippen molar-refractivity contribution < 1.29 is 19.4 Å². The molecule has 0 unspecified atom stereocenters. The number of aromatic amines is 1. The van der Waals surface area contributed by atoms with Crippen LogP contribution in [0, 0.1) is 5.92 Å². The molecule has 1 aromatic carbocycles. The fraction of sp³-hybridized carbons (Fsp3) is 0.529. The van der Waals surface area contributed by atoms with E-state index in [0.717, 1.165) is 16.9 Å². The van der Waals surface area contributed by atoms with Crippen LogP contribution in [-0.2, 0) is 20.7 Å². The smallest absolute Gasteiger partial charge is 0.220 e. The highest BCUT2D eigenvalue weighted by molar-refractivity contribution is 5.77. The van der Waals surface area contributed by atoms with Crippen LogP contribution in [0.25, 0.3) is 11.0 Å². The number of nitrogens with one attached hydrogen (secondary N) is 2. The molecule has 7 heteroatoms. The molecule has 1 aliphatic heterocycles. The van der Waals surface area contributed by atoms with Gasteiger partial charge in [0, 0.05) is 32.4 Å². The van der Waals surface area contributed by atoms with Gasteiger partial charge in [-0.05, 0) is 12.1 Å². The molecule has 3 atom stereocenters. The number of benzene rings is 1. The van der Waals surface area contributed by atoms with Gasteiger partial charge in [-0.15, -0.1) is 0 Å². The maximum Gasteiger partial charge on any atom is 0.220 e. The summed E-state index contributed by atoms with van der Waals surface area (Å²) in [4.78, 5) is 19.7. The van der Waals surface area contributed by atoms with E-state index in [1.54, 1.807) is 7.11 Å². The van der Waals surface area contributed by atoms with Crippen LogP contribution in [-0.4, -0.2) is 60.1 Å². The topological polar surface area (TPSA) is 96.5 Å². The summed E-state index contributed by atoms with van der Waals surface area (Å²) in [7, 11) is 1.55. The Bertz CT molecular complexity index is 654. The molecule has 0 saturated carbocycles. The lowest BCUT2D eigenvalue weighted by atomic mass is 9.96. The van der Waals surface area contributed by atoms with E-state index in [-0.39, 0.29) is 17.9 Å². The largest absolute Gasteiger partial charge is 0.390 e. The lowest BCUT2D eigenvalue weighted by Crippen LogP contribution is -2.49. The van der Waals surface area contributed by atoms with Crippen LogP contribution in [0.3, 0.4) is 0 Å². The predicted octanol–water partition coefficient (Wildman–Crippen LogP) is 0.634. The monoisotopic (exact) mass is 333 g/mol. The molecule has 7 nitrogen and oxygen atoms in total. The highest BCUT2D eigenvalue weighted by atomic mass is 16.5. The van der Waals surface area contributed by atoms with Gasteiger partial charge in [-0.3, -0.25) is 4.79 Å². The number of imidazole rings is 1. The third-order valence-corrected chi connectivity index (χ3v) is 4.37. The van der Waals surface area contributed by atoms with Crippen molar-refractivity contribution in [3.63, 3.8) is 0 Å². The molecule has 1 amide bonds. The fourth-order valence-corrected chi connectivity index (χ4v) is 2.91. The number of aryl methyl sites for hydroxylation is 1. The SMILES string of the molecule is CO[C@@H]1COC[C@@H](CNC(=O)CCc2nc3ccccc3[nH]2)[C@@H]1O. The normalized spacial score (nSPS) is 24.2. The zero-order chi connectivity index (χ0) is 16.9. The number of amides is 1. The summed E-state index contributed by atoms with van der Waals surface area (Å²) in [5.41, 5.74) is 1.88. The van der Waals surface area contributed by atoms with Gasteiger partial charge in [-0.2, -0.15) is 0 Å². The number of aliphatic hydroxyl groups is 1. The molecule has 24 heavy (non-hydrogen) atoms. The van der Waals surface area contributed by atoms with E-state index >= 15 is 0 Å². The van der Waals surface area contributed by atoms with Crippen LogP contribution in [0.1, 0.15) is 12.2 Å². The van der Waals surface area contributed by atoms with Gasteiger partial charge in [0.2, 0.25) is 5.91 Å². The molecule has 0 spiro atoms. The Morgan fingerprint density at radius 2 is 2.29 bits per heavy atom. The predicted molar refractivity (Wildman–Crippen MR) is 88.5 cm³/mol. The second kappa shape index (κ2) is 7.74. The van der Waals surface area contributed by atoms with Crippen molar-refractivity contribution in [2.45, 2.75) is 25.0 Å². The molecule has 0 bridgehead atoms. The Morgan fingerprint density at radius 1 is 1.46 bits per heavy atom. The third-order valence-electron chi connectivity index (χ3n) is 4.37. The first kappa shape index (κ1) is 16.9. The minimum Gasteiger partial charge on any atom is -0.390 e. The second-order valence-electron chi connectivity index (χ2n) is 6.07. The molecule has 1 aliphatic rings. The highest BCUT2D eigenvalue weighted by Gasteiger charge is 2.32. The maximum absolute atomic E-state index is 12.0. The minimum absolute atomic E-state index is 0.0674. The van der Waals surface area contributed by atoms with Crippen molar-refractivity contribution in [1.82, 2.24) is 15.3 Å². The quantitative estimate of drug-likeness (QED) is 0.721. The number of para-hydroxylation sites is 2. The van der Waals surface area contributed by atoms with Crippen molar-refractivity contribution in [2.24, 2.45) is 5.92 Å². The van der Waals surface area contributed by atoms with Gasteiger partial charge in [-0.1, -0.05) is 12.1 Å². The minimum atomic E-state index is -0.626. The molecule has 3 rings (SSSR count). The Morgan fingerprint density at radius 3 is 3.08 bits per heavy atom. The molecule has 130 valence electrons. The first-order chi connectivity index (χ1) is 11.7. The second-order valence-corrected chi connectivity index (χ2v) is 6.07. The number of hydrogen-bond donors (Lipinski definition) is 3. The molecule has 1 aromatic heterocycles. The Labute approximate surface area is 140 Å². The molecule has 1 fully saturated rings. The van der Waals surface area contributed by atoms with Crippen molar-refractivity contribution in [3.05, 3.63) is 30.1 Å². The number of ether oxygens (including phenoxy) is 2. The Balaban J connectivity index is 1.45. The van der Waals surface area contributed by atoms with Gasteiger partial charge in [0.15, 0.2) is 0 Å². The average molecular weight is 333 g/mol. The van der Waals surface area contributed by atoms with Gasteiger partial charge < -0.3 is 24.9 Å². The number of H-pyrrole nitrogens is 1. The van der Waals surface area contributed by atoms with Crippen LogP contribution in [0.2, 0.25) is 0 Å². The highest BCUT2D eigenvalue weighted by Crippen LogP contribution is 2.17. The number of rotatable bonds is 6. The summed E-state index contributed by atoms with van der Waals surface area (Å²) >= 11 is 0. The molecule has 1 saturated heterocycles. The van der Waals surface area contributed by atoms with E-state index in [0.29, 0.717) is 32.6 Å². The molecular formula is C17H23N3O4. The Hall–Kier alpha value is -1.96. The number of carbonyl (C=O) groups is 1. The van der Waals surface area contributed by atoms with Gasteiger partial charge in [0.05, 0.1) is 30.4 Å². The molecule has 2 aromatic rings. The van der Waals surface area contributed by atoms with E-state index in [1.165, 1.54) is 0 Å². The Kier molecular flexibility index (Phi) is 5.44. The van der Waals surface area contributed by atoms with Gasteiger partial charge in [-0.25, -0.2) is 4.98 Å². The zero-order valence-corrected chi connectivity index (χ0v) is 13.7. The molecular weight excluding hydrogens is 310 g/mol. The summed E-state index contributed by atoms with van der Waals surface area (Å²) in [6.07, 6.45) is -0.0714. The van der Waals surface area contributed by atoms with Crippen molar-refractivity contribution in [2.75, 3.05) is 26.9 Å². The zero-order valence-electron chi connectivity index (χ0n) is 13.7. The van der Waals surface area contributed by atoms with E-state index in [9.17, 15) is 9.90 Å². The average Bonchev–Trinajstić information content (AvgIpc) is 3.02. The standard InChI is InChI=1S/C17H23N3O4/c1-23-14-10-24-9-11(17(14)22)8-18-16(21)7-6-15-19-12-4-2-3-5-13(12)20-15/h2-5,11,14,17,22H,6-10H2,1H3,(H,18,21)(H,19,20)/t11-,14-,17+/m1/s1. The van der Waals surface area contributed by atoms with Gasteiger partial charge in [0.25, 0.3) is 0 Å². The summed E-state index contributed by atoms with van der Waals surface area (Å²) in [5, 5.41) is 13.0. The lowest BCUT2D eigenvalue weighted by molar-refractivity contribution is -0.136. The van der Waals surface area contributed by atoms with Crippen molar-refractivity contribution in [3.8, 4) is 0 Å². The summed E-state index contributed by atoms with van der Waals surface area (Å²) in [6, 6.07) is 7.78. The summed E-state index contributed by atoms with van der Waals surface area (Å²) in [5.74, 6) is 0.577. The van der Waals surface area contributed by atoms with Crippen LogP contribution in [0.5, 0.6) is 0 Å². The van der Waals surface area contributed by atoms with E-state index in [1.807, 2.05) is 24.3 Å². The molecule has 2 heterocycles. The lowest BCUT2D eigenvalue weighted by Gasteiger charge is -2.33. The first-order valence-electron chi connectivity index (χ1n) is 8.16. The molecule has 0 radical (unpaired) electrons. The summed E-state index contributed by atoms with van der Waals surface area (Å²) in [6.45, 7) is 1.18. The molecule has 3 N–H and O–H groups in total. The third kappa shape index (κ3) is 3.92. The number of aliphatic hydroxyl groups excluding tert-OH is 1. The van der Waals surface area contributed by atoms with Gasteiger partial charge >= 0.3 is 0 Å². The number of aromatic nitrogens is 2. The van der Waals surface area contributed by atoms with E-state index in [2.05, 4.69) is 15.3 Å². The number of carbonyl (C=O) groups excluding carboxylic acids is 1. The van der Waals surface area contributed by atoms with Crippen molar-refractivity contribution in [1.29, 1.82) is 0 Å². The van der Waals surface area contributed by atoms with Crippen LogP contribution < -0.4 is 5.32 Å². The first-order valence-corrected chi connectivity index (χ1v) is 8.16. The van der Waals surface area contributed by atoms with Crippen LogP contribution >= 0.6 is 0 Å². The van der Waals surface area contributed by atoms with Crippen LogP contribution in [0.4, 0.5) is 0 Å². The van der Waals surface area contributed by atoms with Gasteiger partial charge in [0.1, 0.15) is 11.9 Å². The van der Waals surface area contributed by atoms with Crippen LogP contribution in [0.15, 0.2) is 24.3 Å². The summed E-state index contributed by atoms with van der Waals surface area (Å²) < 4.78 is 10.6. The molecule has 0 aliphatic carbocycles. The number of nitrogens with zero attached hydrogens (tertiary/aromatic N) is 1. The number of methoxy groups -OCH3 is 1. The fourth-order valence-electron chi connectivity index (χ4n) is 2.91. The number of hydrogen-bond acceptors (Lipinski definition) is 5.